The van der Waals surface area contributed by atoms with E-state index < -0.39 is 5.82 Å². The van der Waals surface area contributed by atoms with Crippen molar-refractivity contribution in [1.29, 1.82) is 0 Å². The van der Waals surface area contributed by atoms with E-state index in [-0.39, 0.29) is 28.8 Å². The molecule has 0 spiro atoms. The minimum Gasteiger partial charge on any atom is -0.482 e. The highest BCUT2D eigenvalue weighted by Gasteiger charge is 2.14. The molecule has 0 aliphatic carbocycles. The van der Waals surface area contributed by atoms with Crippen LogP contribution in [0.25, 0.3) is 0 Å². The van der Waals surface area contributed by atoms with Crippen LogP contribution < -0.4 is 10.1 Å². The molecule has 5 heteroatoms. The molecule has 1 amide bonds. The van der Waals surface area contributed by atoms with Crippen LogP contribution in [0.5, 0.6) is 5.75 Å². The Morgan fingerprint density at radius 2 is 2.12 bits per heavy atom. The lowest BCUT2D eigenvalue weighted by atomic mass is 10.1. The van der Waals surface area contributed by atoms with E-state index in [4.69, 9.17) is 16.3 Å². The summed E-state index contributed by atoms with van der Waals surface area (Å²) in [6.45, 7) is 5.46. The van der Waals surface area contributed by atoms with Gasteiger partial charge in [0, 0.05) is 5.54 Å². The fourth-order valence-corrected chi connectivity index (χ4v) is 1.41. The van der Waals surface area contributed by atoms with Gasteiger partial charge in [0.1, 0.15) is 11.6 Å². The van der Waals surface area contributed by atoms with Gasteiger partial charge >= 0.3 is 0 Å². The second-order valence-corrected chi connectivity index (χ2v) is 5.07. The van der Waals surface area contributed by atoms with Gasteiger partial charge < -0.3 is 10.1 Å². The van der Waals surface area contributed by atoms with Crippen molar-refractivity contribution in [3.63, 3.8) is 0 Å². The van der Waals surface area contributed by atoms with Crippen molar-refractivity contribution in [2.75, 3.05) is 6.61 Å². The SMILES string of the molecule is CC(C)(C)NC(=O)COc1ccc(F)cc1Cl. The zero-order valence-electron chi connectivity index (χ0n) is 10.0. The van der Waals surface area contributed by atoms with Crippen LogP contribution in [0.1, 0.15) is 20.8 Å². The molecule has 17 heavy (non-hydrogen) atoms. The molecule has 1 N–H and O–H groups in total. The number of rotatable bonds is 3. The van der Waals surface area contributed by atoms with Crippen LogP contribution in [-0.4, -0.2) is 18.1 Å². The maximum Gasteiger partial charge on any atom is 0.258 e. The third kappa shape index (κ3) is 5.04. The molecule has 3 nitrogen and oxygen atoms in total. The van der Waals surface area contributed by atoms with E-state index in [1.165, 1.54) is 12.1 Å². The lowest BCUT2D eigenvalue weighted by Gasteiger charge is -2.20. The van der Waals surface area contributed by atoms with Gasteiger partial charge in [-0.2, -0.15) is 0 Å². The Morgan fingerprint density at radius 1 is 1.47 bits per heavy atom. The summed E-state index contributed by atoms with van der Waals surface area (Å²) in [6, 6.07) is 3.75. The summed E-state index contributed by atoms with van der Waals surface area (Å²) in [5, 5.41) is 2.89. The lowest BCUT2D eigenvalue weighted by Crippen LogP contribution is -2.43. The number of carbonyl (C=O) groups is 1. The molecular formula is C12H15ClFNO2. The molecule has 0 aliphatic heterocycles. The largest absolute Gasteiger partial charge is 0.482 e. The van der Waals surface area contributed by atoms with Crippen LogP contribution in [0.4, 0.5) is 4.39 Å². The molecule has 0 bridgehead atoms. The van der Waals surface area contributed by atoms with Crippen molar-refractivity contribution >= 4 is 17.5 Å². The lowest BCUT2D eigenvalue weighted by molar-refractivity contribution is -0.124. The highest BCUT2D eigenvalue weighted by atomic mass is 35.5. The number of ether oxygens (including phenoxy) is 1. The monoisotopic (exact) mass is 259 g/mol. The fraction of sp³-hybridized carbons (Fsp3) is 0.417. The van der Waals surface area contributed by atoms with Crippen LogP contribution in [0.15, 0.2) is 18.2 Å². The number of hydrogen-bond acceptors (Lipinski definition) is 2. The second kappa shape index (κ2) is 5.36. The van der Waals surface area contributed by atoms with Gasteiger partial charge in [-0.3, -0.25) is 4.79 Å². The average molecular weight is 260 g/mol. The predicted molar refractivity (Wildman–Crippen MR) is 64.8 cm³/mol. The number of halogens is 2. The average Bonchev–Trinajstić information content (AvgIpc) is 2.13. The van der Waals surface area contributed by atoms with Gasteiger partial charge in [-0.25, -0.2) is 4.39 Å². The van der Waals surface area contributed by atoms with Crippen LogP contribution >= 0.6 is 11.6 Å². The molecule has 0 unspecified atom stereocenters. The zero-order chi connectivity index (χ0) is 13.1. The second-order valence-electron chi connectivity index (χ2n) is 4.66. The van der Waals surface area contributed by atoms with Crippen LogP contribution in [0.3, 0.4) is 0 Å². The number of benzene rings is 1. The van der Waals surface area contributed by atoms with E-state index in [9.17, 15) is 9.18 Å². The maximum absolute atomic E-state index is 12.7. The predicted octanol–water partition coefficient (Wildman–Crippen LogP) is 2.77. The number of nitrogens with one attached hydrogen (secondary N) is 1. The van der Waals surface area contributed by atoms with Gasteiger partial charge in [0.05, 0.1) is 5.02 Å². The van der Waals surface area contributed by atoms with Gasteiger partial charge in [-0.15, -0.1) is 0 Å². The number of amides is 1. The van der Waals surface area contributed by atoms with Crippen molar-refractivity contribution in [3.8, 4) is 5.75 Å². The maximum atomic E-state index is 12.7. The Labute approximate surface area is 105 Å². The summed E-state index contributed by atoms with van der Waals surface area (Å²) in [4.78, 5) is 11.5. The first-order valence-electron chi connectivity index (χ1n) is 5.17. The highest BCUT2D eigenvalue weighted by molar-refractivity contribution is 6.32. The van der Waals surface area contributed by atoms with Crippen LogP contribution in [-0.2, 0) is 4.79 Å². The third-order valence-electron chi connectivity index (χ3n) is 1.77. The molecule has 1 rings (SSSR count). The van der Waals surface area contributed by atoms with E-state index in [2.05, 4.69) is 5.32 Å². The minimum absolute atomic E-state index is 0.147. The zero-order valence-corrected chi connectivity index (χ0v) is 10.8. The first kappa shape index (κ1) is 13.8. The van der Waals surface area contributed by atoms with Gasteiger partial charge in [0.2, 0.25) is 0 Å². The third-order valence-corrected chi connectivity index (χ3v) is 2.06. The van der Waals surface area contributed by atoms with Crippen LogP contribution in [0.2, 0.25) is 5.02 Å². The molecule has 0 aliphatic rings. The summed E-state index contributed by atoms with van der Waals surface area (Å²) in [6.07, 6.45) is 0. The van der Waals surface area contributed by atoms with Crippen molar-refractivity contribution in [1.82, 2.24) is 5.32 Å². The van der Waals surface area contributed by atoms with Crippen molar-refractivity contribution in [2.45, 2.75) is 26.3 Å². The van der Waals surface area contributed by atoms with E-state index in [1.54, 1.807) is 0 Å². The standard InChI is InChI=1S/C12H15ClFNO2/c1-12(2,3)15-11(16)7-17-10-5-4-8(14)6-9(10)13/h4-6H,7H2,1-3H3,(H,15,16). The fourth-order valence-electron chi connectivity index (χ4n) is 1.19. The molecule has 0 radical (unpaired) electrons. The Bertz CT molecular complexity index is 415. The summed E-state index contributed by atoms with van der Waals surface area (Å²) < 4.78 is 17.9. The normalized spacial score (nSPS) is 11.1. The Hall–Kier alpha value is -1.29. The molecule has 0 saturated carbocycles. The topological polar surface area (TPSA) is 38.3 Å². The molecule has 1 aromatic rings. The van der Waals surface area contributed by atoms with Gasteiger partial charge in [0.25, 0.3) is 5.91 Å². The molecule has 0 saturated heterocycles. The van der Waals surface area contributed by atoms with Crippen LogP contribution in [0, 0.1) is 5.82 Å². The molecule has 0 heterocycles. The smallest absolute Gasteiger partial charge is 0.258 e. The van der Waals surface area contributed by atoms with E-state index in [0.29, 0.717) is 0 Å². The summed E-state index contributed by atoms with van der Waals surface area (Å²) in [7, 11) is 0. The van der Waals surface area contributed by atoms with E-state index in [0.717, 1.165) is 6.07 Å². The number of hydrogen-bond donors (Lipinski definition) is 1. The highest BCUT2D eigenvalue weighted by Crippen LogP contribution is 2.24. The van der Waals surface area contributed by atoms with Gasteiger partial charge in [0.15, 0.2) is 6.61 Å². The summed E-state index contributed by atoms with van der Waals surface area (Å²) >= 11 is 5.75. The Kier molecular flexibility index (Phi) is 4.34. The molecule has 0 aromatic heterocycles. The van der Waals surface area contributed by atoms with Crippen molar-refractivity contribution in [3.05, 3.63) is 29.0 Å². The van der Waals surface area contributed by atoms with Crippen molar-refractivity contribution < 1.29 is 13.9 Å². The van der Waals surface area contributed by atoms with Gasteiger partial charge in [-0.05, 0) is 39.0 Å². The molecular weight excluding hydrogens is 245 g/mol. The van der Waals surface area contributed by atoms with E-state index in [1.807, 2.05) is 20.8 Å². The van der Waals surface area contributed by atoms with Gasteiger partial charge in [-0.1, -0.05) is 11.6 Å². The molecule has 1 aromatic carbocycles. The molecule has 94 valence electrons. The first-order valence-corrected chi connectivity index (χ1v) is 5.54. The molecule has 0 atom stereocenters. The summed E-state index contributed by atoms with van der Waals surface area (Å²) in [5.74, 6) is -0.406. The number of carbonyl (C=O) groups excluding carboxylic acids is 1. The molecule has 0 fully saturated rings. The quantitative estimate of drug-likeness (QED) is 0.907. The van der Waals surface area contributed by atoms with E-state index >= 15 is 0 Å². The Balaban J connectivity index is 2.53. The first-order chi connectivity index (χ1) is 7.78. The Morgan fingerprint density at radius 3 is 2.65 bits per heavy atom. The summed E-state index contributed by atoms with van der Waals surface area (Å²) in [5.41, 5.74) is -0.312. The van der Waals surface area contributed by atoms with Crippen molar-refractivity contribution in [2.24, 2.45) is 0 Å². The minimum atomic E-state index is -0.443.